The van der Waals surface area contributed by atoms with Gasteiger partial charge in [-0.25, -0.2) is 0 Å². The smallest absolute Gasteiger partial charge is 0.256 e. The second-order valence-electron chi connectivity index (χ2n) is 4.20. The van der Waals surface area contributed by atoms with Gasteiger partial charge in [0.25, 0.3) is 5.91 Å². The van der Waals surface area contributed by atoms with E-state index in [1.54, 1.807) is 33.0 Å². The summed E-state index contributed by atoms with van der Waals surface area (Å²) in [6.07, 6.45) is 0. The molecule has 3 N–H and O–H groups in total. The first kappa shape index (κ1) is 14.0. The average molecular weight is 250 g/mol. The van der Waals surface area contributed by atoms with Gasteiger partial charge < -0.3 is 15.8 Å². The Hall–Kier alpha value is -2.11. The van der Waals surface area contributed by atoms with E-state index in [-0.39, 0.29) is 11.7 Å². The standard InChI is InChI=1S/C12H18N4O2/c1-7-5-6-10(8(2)14-7)12(17)16(4)9(3)11(13)15-18/h5-6,9,18H,1-4H3,(H2,13,15). The van der Waals surface area contributed by atoms with Crippen LogP contribution in [-0.4, -0.2) is 39.9 Å². The van der Waals surface area contributed by atoms with Crippen molar-refractivity contribution < 1.29 is 10.0 Å². The summed E-state index contributed by atoms with van der Waals surface area (Å²) in [5.41, 5.74) is 7.52. The van der Waals surface area contributed by atoms with Gasteiger partial charge in [0.2, 0.25) is 0 Å². The lowest BCUT2D eigenvalue weighted by molar-refractivity contribution is 0.0775. The molecular formula is C12H18N4O2. The molecule has 1 atom stereocenters. The number of amides is 1. The van der Waals surface area contributed by atoms with Crippen LogP contribution in [0.2, 0.25) is 0 Å². The van der Waals surface area contributed by atoms with E-state index in [0.29, 0.717) is 11.3 Å². The summed E-state index contributed by atoms with van der Waals surface area (Å²) in [6.45, 7) is 5.33. The number of rotatable bonds is 3. The van der Waals surface area contributed by atoms with E-state index in [0.717, 1.165) is 5.69 Å². The van der Waals surface area contributed by atoms with Crippen LogP contribution in [0.25, 0.3) is 0 Å². The van der Waals surface area contributed by atoms with Crippen molar-refractivity contribution in [2.45, 2.75) is 26.8 Å². The van der Waals surface area contributed by atoms with E-state index in [4.69, 9.17) is 10.9 Å². The van der Waals surface area contributed by atoms with Crippen LogP contribution in [0.15, 0.2) is 17.3 Å². The normalized spacial score (nSPS) is 13.2. The second kappa shape index (κ2) is 5.48. The number of pyridine rings is 1. The second-order valence-corrected chi connectivity index (χ2v) is 4.20. The Morgan fingerprint density at radius 1 is 1.50 bits per heavy atom. The number of oxime groups is 1. The largest absolute Gasteiger partial charge is 0.409 e. The van der Waals surface area contributed by atoms with Crippen molar-refractivity contribution in [3.05, 3.63) is 29.1 Å². The van der Waals surface area contributed by atoms with E-state index >= 15 is 0 Å². The van der Waals surface area contributed by atoms with Crippen molar-refractivity contribution in [2.75, 3.05) is 7.05 Å². The summed E-state index contributed by atoms with van der Waals surface area (Å²) in [5, 5.41) is 11.5. The minimum atomic E-state index is -0.483. The van der Waals surface area contributed by atoms with E-state index in [1.165, 1.54) is 4.90 Å². The molecule has 0 bridgehead atoms. The number of nitrogens with zero attached hydrogens (tertiary/aromatic N) is 3. The van der Waals surface area contributed by atoms with Gasteiger partial charge in [-0.15, -0.1) is 0 Å². The molecule has 0 aliphatic rings. The summed E-state index contributed by atoms with van der Waals surface area (Å²) >= 11 is 0. The first-order chi connectivity index (χ1) is 8.38. The fourth-order valence-corrected chi connectivity index (χ4v) is 1.56. The first-order valence-corrected chi connectivity index (χ1v) is 5.57. The number of amidine groups is 1. The van der Waals surface area contributed by atoms with Crippen molar-refractivity contribution in [3.8, 4) is 0 Å². The lowest BCUT2D eigenvalue weighted by Gasteiger charge is -2.24. The van der Waals surface area contributed by atoms with Crippen LogP contribution in [0.4, 0.5) is 0 Å². The summed E-state index contributed by atoms with van der Waals surface area (Å²) in [5.74, 6) is -0.220. The lowest BCUT2D eigenvalue weighted by atomic mass is 10.1. The quantitative estimate of drug-likeness (QED) is 0.361. The van der Waals surface area contributed by atoms with Gasteiger partial charge in [0, 0.05) is 12.7 Å². The predicted molar refractivity (Wildman–Crippen MR) is 68.7 cm³/mol. The Labute approximate surface area is 106 Å². The van der Waals surface area contributed by atoms with Gasteiger partial charge >= 0.3 is 0 Å². The third-order valence-electron chi connectivity index (χ3n) is 2.90. The van der Waals surface area contributed by atoms with Crippen molar-refractivity contribution in [2.24, 2.45) is 10.9 Å². The Kier molecular flexibility index (Phi) is 4.25. The van der Waals surface area contributed by atoms with Crippen LogP contribution < -0.4 is 5.73 Å². The third kappa shape index (κ3) is 2.77. The highest BCUT2D eigenvalue weighted by molar-refractivity contribution is 5.98. The Balaban J connectivity index is 3.00. The van der Waals surface area contributed by atoms with Crippen LogP contribution in [0.3, 0.4) is 0 Å². The molecule has 0 saturated heterocycles. The van der Waals surface area contributed by atoms with Gasteiger partial charge in [-0.2, -0.15) is 0 Å². The highest BCUT2D eigenvalue weighted by atomic mass is 16.4. The molecule has 1 aromatic heterocycles. The highest BCUT2D eigenvalue weighted by Crippen LogP contribution is 2.11. The van der Waals surface area contributed by atoms with Gasteiger partial charge in [0.1, 0.15) is 0 Å². The van der Waals surface area contributed by atoms with Crippen LogP contribution in [-0.2, 0) is 0 Å². The topological polar surface area (TPSA) is 91.8 Å². The van der Waals surface area contributed by atoms with E-state index in [9.17, 15) is 4.79 Å². The average Bonchev–Trinajstić information content (AvgIpc) is 2.35. The maximum atomic E-state index is 12.2. The Morgan fingerprint density at radius 3 is 2.61 bits per heavy atom. The fraction of sp³-hybridized carbons (Fsp3) is 0.417. The van der Waals surface area contributed by atoms with Gasteiger partial charge in [0.15, 0.2) is 5.84 Å². The van der Waals surface area contributed by atoms with Crippen LogP contribution in [0.1, 0.15) is 28.7 Å². The first-order valence-electron chi connectivity index (χ1n) is 5.57. The number of hydrogen-bond acceptors (Lipinski definition) is 4. The number of aromatic nitrogens is 1. The summed E-state index contributed by atoms with van der Waals surface area (Å²) in [4.78, 5) is 17.9. The molecule has 6 nitrogen and oxygen atoms in total. The molecule has 1 rings (SSSR count). The third-order valence-corrected chi connectivity index (χ3v) is 2.90. The monoisotopic (exact) mass is 250 g/mol. The zero-order valence-corrected chi connectivity index (χ0v) is 11.0. The van der Waals surface area contributed by atoms with Gasteiger partial charge in [0.05, 0.1) is 17.3 Å². The number of nitrogens with two attached hydrogens (primary N) is 1. The molecule has 6 heteroatoms. The van der Waals surface area contributed by atoms with Crippen molar-refractivity contribution in [1.29, 1.82) is 0 Å². The van der Waals surface area contributed by atoms with Crippen LogP contribution >= 0.6 is 0 Å². The molecule has 0 aliphatic heterocycles. The SMILES string of the molecule is Cc1ccc(C(=O)N(C)C(C)C(N)=NO)c(C)n1. The number of carbonyl (C=O) groups is 1. The molecule has 1 heterocycles. The number of carbonyl (C=O) groups excluding carboxylic acids is 1. The molecule has 1 unspecified atom stereocenters. The molecule has 0 saturated carbocycles. The van der Waals surface area contributed by atoms with Crippen molar-refractivity contribution in [3.63, 3.8) is 0 Å². The van der Waals surface area contributed by atoms with E-state index in [2.05, 4.69) is 10.1 Å². The molecule has 0 fully saturated rings. The Morgan fingerprint density at radius 2 is 2.11 bits per heavy atom. The van der Waals surface area contributed by atoms with Gasteiger partial charge in [-0.3, -0.25) is 9.78 Å². The predicted octanol–water partition coefficient (Wildman–Crippen LogP) is 0.905. The molecule has 0 aliphatic carbocycles. The zero-order chi connectivity index (χ0) is 13.9. The summed E-state index contributed by atoms with van der Waals surface area (Å²) in [7, 11) is 1.60. The molecule has 18 heavy (non-hydrogen) atoms. The zero-order valence-electron chi connectivity index (χ0n) is 11.0. The number of likely N-dealkylation sites (N-methyl/N-ethyl adjacent to an activating group) is 1. The summed E-state index contributed by atoms with van der Waals surface area (Å²) in [6, 6.07) is 3.03. The molecule has 0 spiro atoms. The van der Waals surface area contributed by atoms with E-state index < -0.39 is 6.04 Å². The maximum Gasteiger partial charge on any atom is 0.256 e. The van der Waals surface area contributed by atoms with Crippen LogP contribution in [0, 0.1) is 13.8 Å². The lowest BCUT2D eigenvalue weighted by Crippen LogP contribution is -2.44. The molecule has 0 aromatic carbocycles. The molecular weight excluding hydrogens is 232 g/mol. The minimum absolute atomic E-state index is 0.0106. The fourth-order valence-electron chi connectivity index (χ4n) is 1.56. The van der Waals surface area contributed by atoms with Crippen LogP contribution in [0.5, 0.6) is 0 Å². The maximum absolute atomic E-state index is 12.2. The Bertz CT molecular complexity index is 485. The highest BCUT2D eigenvalue weighted by Gasteiger charge is 2.22. The van der Waals surface area contributed by atoms with Gasteiger partial charge in [-0.05, 0) is 32.9 Å². The number of aryl methyl sites for hydroxylation is 2. The minimum Gasteiger partial charge on any atom is -0.409 e. The van der Waals surface area contributed by atoms with Crippen molar-refractivity contribution in [1.82, 2.24) is 9.88 Å². The number of hydrogen-bond donors (Lipinski definition) is 2. The van der Waals surface area contributed by atoms with Crippen molar-refractivity contribution >= 4 is 11.7 Å². The molecule has 1 amide bonds. The van der Waals surface area contributed by atoms with E-state index in [1.807, 2.05) is 6.92 Å². The molecule has 98 valence electrons. The van der Waals surface area contributed by atoms with Gasteiger partial charge in [-0.1, -0.05) is 5.16 Å². The summed E-state index contributed by atoms with van der Waals surface area (Å²) < 4.78 is 0. The molecule has 1 aromatic rings. The molecule has 0 radical (unpaired) electrons.